The van der Waals surface area contributed by atoms with Crippen molar-refractivity contribution in [3.05, 3.63) is 11.6 Å². The molecule has 0 radical (unpaired) electrons. The molecule has 182 valence electrons. The lowest BCUT2D eigenvalue weighted by atomic mass is 9.64. The van der Waals surface area contributed by atoms with Crippen LogP contribution < -0.4 is 10.6 Å². The Morgan fingerprint density at radius 2 is 2.03 bits per heavy atom. The molecule has 2 heterocycles. The van der Waals surface area contributed by atoms with Gasteiger partial charge in [0, 0.05) is 44.7 Å². The first-order valence-electron chi connectivity index (χ1n) is 12.2. The molecule has 0 spiro atoms. The van der Waals surface area contributed by atoms with E-state index in [0.29, 0.717) is 18.7 Å². The maximum atomic E-state index is 6.12. The molecule has 9 nitrogen and oxygen atoms in total. The van der Waals surface area contributed by atoms with Crippen LogP contribution in [-0.4, -0.2) is 83.8 Å². The van der Waals surface area contributed by atoms with Crippen molar-refractivity contribution in [3.8, 4) is 0 Å². The summed E-state index contributed by atoms with van der Waals surface area (Å²) in [5.74, 6) is 2.61. The van der Waals surface area contributed by atoms with Crippen LogP contribution >= 0.6 is 0 Å². The molecule has 0 bridgehead atoms. The van der Waals surface area contributed by atoms with Crippen molar-refractivity contribution in [2.75, 3.05) is 46.0 Å². The summed E-state index contributed by atoms with van der Waals surface area (Å²) in [5.41, 5.74) is 0.0748. The van der Waals surface area contributed by atoms with Gasteiger partial charge in [0.2, 0.25) is 0 Å². The first kappa shape index (κ1) is 24.9. The first-order chi connectivity index (χ1) is 15.4. The third kappa shape index (κ3) is 6.65. The van der Waals surface area contributed by atoms with Gasteiger partial charge in [-0.15, -0.1) is 10.2 Å². The van der Waals surface area contributed by atoms with Crippen molar-refractivity contribution in [1.29, 1.82) is 0 Å². The molecule has 1 aliphatic carbocycles. The van der Waals surface area contributed by atoms with Gasteiger partial charge in [-0.05, 0) is 32.7 Å². The summed E-state index contributed by atoms with van der Waals surface area (Å²) in [6.07, 6.45) is 4.67. The number of aromatic nitrogens is 3. The molecule has 2 N–H and O–H groups in total. The number of nitrogens with one attached hydrogen (secondary N) is 2. The molecule has 1 saturated heterocycles. The van der Waals surface area contributed by atoms with Gasteiger partial charge < -0.3 is 24.7 Å². The predicted octanol–water partition coefficient (Wildman–Crippen LogP) is 1.86. The summed E-state index contributed by atoms with van der Waals surface area (Å²) < 4.78 is 13.6. The number of aryl methyl sites for hydroxylation is 1. The Labute approximate surface area is 193 Å². The third-order valence-electron chi connectivity index (χ3n) is 6.91. The van der Waals surface area contributed by atoms with E-state index in [1.54, 1.807) is 0 Å². The zero-order chi connectivity index (χ0) is 23.0. The van der Waals surface area contributed by atoms with Crippen LogP contribution in [0.15, 0.2) is 4.99 Å². The highest BCUT2D eigenvalue weighted by atomic mass is 16.5. The Morgan fingerprint density at radius 3 is 2.69 bits per heavy atom. The SMILES string of the molecule is CCCCOC1CC(NC(=NCc2nnc(C)n2C)NCCCN2CCOCC2)C1(C)C. The fraction of sp³-hybridized carbons (Fsp3) is 0.870. The quantitative estimate of drug-likeness (QED) is 0.303. The number of rotatable bonds is 11. The van der Waals surface area contributed by atoms with Gasteiger partial charge in [-0.25, -0.2) is 4.99 Å². The van der Waals surface area contributed by atoms with Crippen LogP contribution in [0.5, 0.6) is 0 Å². The van der Waals surface area contributed by atoms with Crippen molar-refractivity contribution in [1.82, 2.24) is 30.3 Å². The second kappa shape index (κ2) is 12.0. The summed E-state index contributed by atoms with van der Waals surface area (Å²) in [6, 6.07) is 0.334. The van der Waals surface area contributed by atoms with Crippen LogP contribution in [0.2, 0.25) is 0 Å². The van der Waals surface area contributed by atoms with Gasteiger partial charge in [-0.2, -0.15) is 0 Å². The molecular formula is C23H43N7O2. The minimum Gasteiger partial charge on any atom is -0.379 e. The minimum absolute atomic E-state index is 0.0748. The van der Waals surface area contributed by atoms with Crippen LogP contribution in [-0.2, 0) is 23.1 Å². The Balaban J connectivity index is 1.53. The molecule has 1 saturated carbocycles. The molecule has 9 heteroatoms. The van der Waals surface area contributed by atoms with Gasteiger partial charge in [-0.1, -0.05) is 27.2 Å². The molecule has 0 aromatic carbocycles. The van der Waals surface area contributed by atoms with E-state index in [0.717, 1.165) is 82.9 Å². The molecule has 1 aliphatic heterocycles. The lowest BCUT2D eigenvalue weighted by Crippen LogP contribution is -2.63. The number of morpholine rings is 1. The molecular weight excluding hydrogens is 406 g/mol. The molecule has 3 rings (SSSR count). The van der Waals surface area contributed by atoms with Gasteiger partial charge in [0.05, 0.1) is 19.3 Å². The van der Waals surface area contributed by atoms with E-state index in [-0.39, 0.29) is 5.41 Å². The van der Waals surface area contributed by atoms with E-state index in [4.69, 9.17) is 14.5 Å². The number of hydrogen-bond donors (Lipinski definition) is 2. The molecule has 2 unspecified atom stereocenters. The highest BCUT2D eigenvalue weighted by Gasteiger charge is 2.49. The average Bonchev–Trinajstić information content (AvgIpc) is 3.11. The summed E-state index contributed by atoms with van der Waals surface area (Å²) in [7, 11) is 1.98. The lowest BCUT2D eigenvalue weighted by molar-refractivity contribution is -0.113. The van der Waals surface area contributed by atoms with Crippen molar-refractivity contribution < 1.29 is 9.47 Å². The number of guanidine groups is 1. The van der Waals surface area contributed by atoms with Gasteiger partial charge in [0.25, 0.3) is 0 Å². The minimum atomic E-state index is 0.0748. The summed E-state index contributed by atoms with van der Waals surface area (Å²) in [5, 5.41) is 15.6. The normalized spacial score (nSPS) is 23.7. The van der Waals surface area contributed by atoms with Gasteiger partial charge in [-0.3, -0.25) is 4.90 Å². The molecule has 1 aromatic heterocycles. The van der Waals surface area contributed by atoms with Gasteiger partial charge in [0.1, 0.15) is 12.4 Å². The molecule has 1 aromatic rings. The van der Waals surface area contributed by atoms with Crippen molar-refractivity contribution in [2.24, 2.45) is 17.5 Å². The van der Waals surface area contributed by atoms with Crippen molar-refractivity contribution in [3.63, 3.8) is 0 Å². The summed E-state index contributed by atoms with van der Waals surface area (Å²) >= 11 is 0. The largest absolute Gasteiger partial charge is 0.379 e. The second-order valence-electron chi connectivity index (χ2n) is 9.59. The van der Waals surface area contributed by atoms with Crippen molar-refractivity contribution in [2.45, 2.75) is 72.1 Å². The highest BCUT2D eigenvalue weighted by molar-refractivity contribution is 5.80. The van der Waals surface area contributed by atoms with Crippen LogP contribution in [0, 0.1) is 12.3 Å². The fourth-order valence-corrected chi connectivity index (χ4v) is 4.17. The smallest absolute Gasteiger partial charge is 0.191 e. The average molecular weight is 450 g/mol. The van der Waals surface area contributed by atoms with Gasteiger partial charge >= 0.3 is 0 Å². The van der Waals surface area contributed by atoms with E-state index >= 15 is 0 Å². The Morgan fingerprint density at radius 1 is 1.25 bits per heavy atom. The molecule has 2 fully saturated rings. The lowest BCUT2D eigenvalue weighted by Gasteiger charge is -2.52. The Hall–Kier alpha value is -1.71. The van der Waals surface area contributed by atoms with E-state index in [2.05, 4.69) is 46.5 Å². The van der Waals surface area contributed by atoms with E-state index in [1.165, 1.54) is 6.42 Å². The predicted molar refractivity (Wildman–Crippen MR) is 127 cm³/mol. The number of ether oxygens (including phenoxy) is 2. The summed E-state index contributed by atoms with van der Waals surface area (Å²) in [4.78, 5) is 7.30. The zero-order valence-corrected chi connectivity index (χ0v) is 20.7. The number of aliphatic imine (C=N–C) groups is 1. The van der Waals surface area contributed by atoms with E-state index in [1.807, 2.05) is 18.5 Å². The maximum absolute atomic E-state index is 6.12. The molecule has 0 amide bonds. The molecule has 2 aliphatic rings. The third-order valence-corrected chi connectivity index (χ3v) is 6.91. The second-order valence-corrected chi connectivity index (χ2v) is 9.59. The van der Waals surface area contributed by atoms with E-state index < -0.39 is 0 Å². The number of unbranched alkanes of at least 4 members (excludes halogenated alkanes) is 1. The van der Waals surface area contributed by atoms with Crippen molar-refractivity contribution >= 4 is 5.96 Å². The topological polar surface area (TPSA) is 88.8 Å². The van der Waals surface area contributed by atoms with Crippen LogP contribution in [0.25, 0.3) is 0 Å². The first-order valence-corrected chi connectivity index (χ1v) is 12.2. The van der Waals surface area contributed by atoms with Crippen LogP contribution in [0.3, 0.4) is 0 Å². The Kier molecular flexibility index (Phi) is 9.31. The molecule has 32 heavy (non-hydrogen) atoms. The van der Waals surface area contributed by atoms with Crippen LogP contribution in [0.4, 0.5) is 0 Å². The summed E-state index contributed by atoms with van der Waals surface area (Å²) in [6.45, 7) is 15.8. The monoisotopic (exact) mass is 449 g/mol. The maximum Gasteiger partial charge on any atom is 0.191 e. The van der Waals surface area contributed by atoms with E-state index in [9.17, 15) is 0 Å². The standard InChI is InChI=1S/C23H43N7O2/c1-6-7-13-32-20-16-19(23(20,3)4)26-22(25-17-21-28-27-18(2)29(21)5)24-9-8-10-30-11-14-31-15-12-30/h19-20H,6-17H2,1-5H3,(H2,24,25,26). The fourth-order valence-electron chi connectivity index (χ4n) is 4.17. The van der Waals surface area contributed by atoms with Gasteiger partial charge in [0.15, 0.2) is 11.8 Å². The number of nitrogens with zero attached hydrogens (tertiary/aromatic N) is 5. The zero-order valence-electron chi connectivity index (χ0n) is 20.7. The Bertz CT molecular complexity index is 728. The highest BCUT2D eigenvalue weighted by Crippen LogP contribution is 2.42. The molecule has 2 atom stereocenters. The van der Waals surface area contributed by atoms with Crippen LogP contribution in [0.1, 0.15) is 58.1 Å². The number of hydrogen-bond acceptors (Lipinski definition) is 6.